The Morgan fingerprint density at radius 2 is 1.67 bits per heavy atom. The van der Waals surface area contributed by atoms with E-state index in [-0.39, 0.29) is 6.42 Å². The molecule has 0 spiro atoms. The number of rotatable bonds is 6. The van der Waals surface area contributed by atoms with Crippen LogP contribution in [-0.4, -0.2) is 36.9 Å². The van der Waals surface area contributed by atoms with E-state index in [0.717, 1.165) is 9.13 Å². The fourth-order valence-electron chi connectivity index (χ4n) is 1.76. The van der Waals surface area contributed by atoms with Crippen molar-refractivity contribution in [1.82, 2.24) is 5.32 Å². The lowest BCUT2D eigenvalue weighted by Crippen LogP contribution is -2.41. The van der Waals surface area contributed by atoms with Crippen molar-refractivity contribution in [3.05, 3.63) is 33.4 Å². The Hall–Kier alpha value is -1.09. The van der Waals surface area contributed by atoms with Crippen LogP contribution < -0.4 is 5.32 Å². The molecule has 27 heavy (non-hydrogen) atoms. The van der Waals surface area contributed by atoms with E-state index in [9.17, 15) is 9.59 Å². The lowest BCUT2D eigenvalue weighted by molar-refractivity contribution is -0.137. The first kappa shape index (κ1) is 25.9. The van der Waals surface area contributed by atoms with Gasteiger partial charge >= 0.3 is 12.1 Å². The number of aliphatic carboxylic acids is 1. The van der Waals surface area contributed by atoms with Crippen molar-refractivity contribution in [2.75, 3.05) is 0 Å². The highest BCUT2D eigenvalue weighted by molar-refractivity contribution is 14.1. The van der Waals surface area contributed by atoms with E-state index in [2.05, 4.69) is 54.5 Å². The van der Waals surface area contributed by atoms with E-state index in [1.807, 2.05) is 24.3 Å². The summed E-state index contributed by atoms with van der Waals surface area (Å²) in [6, 6.07) is 8.65. The number of hydrogen-bond acceptors (Lipinski definition) is 3. The normalized spacial score (nSPS) is 12.4. The second-order valence-electron chi connectivity index (χ2n) is 8.69. The summed E-state index contributed by atoms with van der Waals surface area (Å²) in [7, 11) is -0.631. The average molecular weight is 507 g/mol. The summed E-state index contributed by atoms with van der Waals surface area (Å²) in [6.07, 6.45) is -0.299. The van der Waals surface area contributed by atoms with Gasteiger partial charge in [0.15, 0.2) is 0 Å². The van der Waals surface area contributed by atoms with E-state index >= 15 is 0 Å². The van der Waals surface area contributed by atoms with Gasteiger partial charge in [-0.3, -0.25) is 4.79 Å². The number of halogens is 1. The van der Waals surface area contributed by atoms with Gasteiger partial charge in [0, 0.05) is 17.7 Å². The Labute approximate surface area is 178 Å². The molecular weight excluding hydrogens is 473 g/mol. The summed E-state index contributed by atoms with van der Waals surface area (Å²) in [5, 5.41) is 11.6. The second-order valence-corrected chi connectivity index (χ2v) is 15.8. The number of benzene rings is 1. The quantitative estimate of drug-likeness (QED) is 0.391. The molecule has 7 heteroatoms. The third kappa shape index (κ3) is 15.6. The standard InChI is InChI=1S/C15H20INO4.C5H14Si/c1-15(2,3)21-14(20)17-12(9-13(18)19)8-10-4-6-11(16)7-5-10;1-5-6(2,3)4/h4-7,12H,8-9H2,1-3H3,(H,17,20)(H,18,19);5H2,1-4H3. The number of carbonyl (C=O) groups is 2. The number of alkyl carbamates (subject to hydrolysis) is 1. The molecule has 2 N–H and O–H groups in total. The molecule has 1 aromatic carbocycles. The SMILES string of the molecule is CC(C)(C)OC(=O)NC(CC(=O)O)Cc1ccc(I)cc1.CC[Si](C)(C)C. The van der Waals surface area contributed by atoms with Gasteiger partial charge in [-0.2, -0.15) is 0 Å². The van der Waals surface area contributed by atoms with Crippen molar-refractivity contribution in [2.45, 2.75) is 77.9 Å². The second kappa shape index (κ2) is 11.7. The van der Waals surface area contributed by atoms with Gasteiger partial charge in [-0.15, -0.1) is 0 Å². The summed E-state index contributed by atoms with van der Waals surface area (Å²) in [5.74, 6) is -0.957. The van der Waals surface area contributed by atoms with Crippen molar-refractivity contribution in [2.24, 2.45) is 0 Å². The molecule has 0 saturated carbocycles. The lowest BCUT2D eigenvalue weighted by Gasteiger charge is -2.23. The molecule has 0 aromatic heterocycles. The van der Waals surface area contributed by atoms with Gasteiger partial charge in [0.05, 0.1) is 6.42 Å². The van der Waals surface area contributed by atoms with Crippen LogP contribution in [0.3, 0.4) is 0 Å². The van der Waals surface area contributed by atoms with Crippen LogP contribution in [0.4, 0.5) is 4.79 Å². The summed E-state index contributed by atoms with van der Waals surface area (Å²) < 4.78 is 6.27. The Balaban J connectivity index is 0.000000972. The number of ether oxygens (including phenoxy) is 1. The van der Waals surface area contributed by atoms with Crippen molar-refractivity contribution in [3.63, 3.8) is 0 Å². The predicted molar refractivity (Wildman–Crippen MR) is 122 cm³/mol. The van der Waals surface area contributed by atoms with E-state index in [1.54, 1.807) is 20.8 Å². The zero-order valence-corrected chi connectivity index (χ0v) is 20.7. The lowest BCUT2D eigenvalue weighted by atomic mass is 10.0. The molecule has 0 fully saturated rings. The van der Waals surface area contributed by atoms with Crippen molar-refractivity contribution < 1.29 is 19.4 Å². The molecule has 0 radical (unpaired) electrons. The maximum Gasteiger partial charge on any atom is 0.407 e. The van der Waals surface area contributed by atoms with Gasteiger partial charge < -0.3 is 15.2 Å². The molecule has 5 nitrogen and oxygen atoms in total. The summed E-state index contributed by atoms with van der Waals surface area (Å²) in [6.45, 7) is 14.7. The molecular formula is C20H34INO4Si. The van der Waals surface area contributed by atoms with Crippen molar-refractivity contribution >= 4 is 42.7 Å². The summed E-state index contributed by atoms with van der Waals surface area (Å²) >= 11 is 2.20. The fourth-order valence-corrected chi connectivity index (χ4v) is 2.12. The molecule has 0 heterocycles. The molecule has 1 rings (SSSR count). The van der Waals surface area contributed by atoms with Crippen LogP contribution in [0.25, 0.3) is 0 Å². The van der Waals surface area contributed by atoms with Gasteiger partial charge in [-0.05, 0) is 67.5 Å². The van der Waals surface area contributed by atoms with E-state index in [4.69, 9.17) is 9.84 Å². The fraction of sp³-hybridized carbons (Fsp3) is 0.600. The zero-order chi connectivity index (χ0) is 21.3. The van der Waals surface area contributed by atoms with Crippen molar-refractivity contribution in [3.8, 4) is 0 Å². The van der Waals surface area contributed by atoms with E-state index < -0.39 is 31.8 Å². The molecule has 0 saturated heterocycles. The van der Waals surface area contributed by atoms with Gasteiger partial charge in [0.1, 0.15) is 5.60 Å². The maximum absolute atomic E-state index is 11.8. The Morgan fingerprint density at radius 3 is 2.04 bits per heavy atom. The van der Waals surface area contributed by atoms with Gasteiger partial charge in [0.25, 0.3) is 0 Å². The van der Waals surface area contributed by atoms with E-state index in [0.29, 0.717) is 6.42 Å². The van der Waals surface area contributed by atoms with Crippen LogP contribution in [0, 0.1) is 3.57 Å². The van der Waals surface area contributed by atoms with Crippen molar-refractivity contribution in [1.29, 1.82) is 0 Å². The molecule has 0 aliphatic heterocycles. The summed E-state index contributed by atoms with van der Waals surface area (Å²) in [4.78, 5) is 22.7. The highest BCUT2D eigenvalue weighted by Gasteiger charge is 2.21. The topological polar surface area (TPSA) is 75.6 Å². The first-order valence-corrected chi connectivity index (χ1v) is 14.0. The number of amides is 1. The van der Waals surface area contributed by atoms with Crippen LogP contribution >= 0.6 is 22.6 Å². The monoisotopic (exact) mass is 507 g/mol. The molecule has 1 aromatic rings. The van der Waals surface area contributed by atoms with Crippen LogP contribution in [0.1, 0.15) is 39.7 Å². The Kier molecular flexibility index (Phi) is 11.2. The van der Waals surface area contributed by atoms with Crippen LogP contribution in [0.5, 0.6) is 0 Å². The number of hydrogen-bond donors (Lipinski definition) is 2. The zero-order valence-electron chi connectivity index (χ0n) is 17.6. The highest BCUT2D eigenvalue weighted by atomic mass is 127. The molecule has 154 valence electrons. The Morgan fingerprint density at radius 1 is 1.19 bits per heavy atom. The highest BCUT2D eigenvalue weighted by Crippen LogP contribution is 2.12. The first-order valence-electron chi connectivity index (χ1n) is 9.17. The Bertz CT molecular complexity index is 591. The largest absolute Gasteiger partial charge is 0.481 e. The number of carbonyl (C=O) groups excluding carboxylic acids is 1. The number of carboxylic acids is 1. The number of nitrogens with one attached hydrogen (secondary N) is 1. The third-order valence-electron chi connectivity index (χ3n) is 3.60. The predicted octanol–water partition coefficient (Wildman–Crippen LogP) is 5.55. The summed E-state index contributed by atoms with van der Waals surface area (Å²) in [5.41, 5.74) is 0.360. The third-order valence-corrected chi connectivity index (χ3v) is 6.44. The van der Waals surface area contributed by atoms with Crippen LogP contribution in [0.15, 0.2) is 24.3 Å². The maximum atomic E-state index is 11.8. The van der Waals surface area contributed by atoms with Gasteiger partial charge in [0.2, 0.25) is 0 Å². The smallest absolute Gasteiger partial charge is 0.407 e. The molecule has 0 aliphatic carbocycles. The minimum atomic E-state index is -0.957. The van der Waals surface area contributed by atoms with Gasteiger partial charge in [-0.1, -0.05) is 44.7 Å². The van der Waals surface area contributed by atoms with Crippen LogP contribution in [0.2, 0.25) is 25.7 Å². The number of carboxylic acid groups (broad SMARTS) is 1. The molecule has 0 aliphatic rings. The first-order chi connectivity index (χ1) is 12.2. The minimum absolute atomic E-state index is 0.148. The minimum Gasteiger partial charge on any atom is -0.481 e. The molecule has 1 unspecified atom stereocenters. The van der Waals surface area contributed by atoms with E-state index in [1.165, 1.54) is 6.04 Å². The molecule has 1 atom stereocenters. The van der Waals surface area contributed by atoms with Crippen LogP contribution in [-0.2, 0) is 16.0 Å². The molecule has 0 bridgehead atoms. The van der Waals surface area contributed by atoms with Gasteiger partial charge in [-0.25, -0.2) is 4.79 Å². The molecule has 1 amide bonds. The average Bonchev–Trinajstić information content (AvgIpc) is 2.46.